The minimum Gasteiger partial charge on any atom is -0.337 e. The van der Waals surface area contributed by atoms with E-state index in [0.717, 1.165) is 38.0 Å². The van der Waals surface area contributed by atoms with Crippen LogP contribution in [0.2, 0.25) is 0 Å². The van der Waals surface area contributed by atoms with E-state index in [4.69, 9.17) is 5.26 Å². The number of urea groups is 1. The van der Waals surface area contributed by atoms with Gasteiger partial charge in [0.1, 0.15) is 11.9 Å². The maximum atomic E-state index is 13.1. The predicted molar refractivity (Wildman–Crippen MR) is 118 cm³/mol. The van der Waals surface area contributed by atoms with Crippen molar-refractivity contribution >= 4 is 12.0 Å². The lowest BCUT2D eigenvalue weighted by atomic mass is 10.0. The monoisotopic (exact) mass is 437 g/mol. The van der Waals surface area contributed by atoms with Gasteiger partial charge in [-0.25, -0.2) is 19.2 Å². The van der Waals surface area contributed by atoms with Gasteiger partial charge >= 0.3 is 6.03 Å². The van der Waals surface area contributed by atoms with Crippen molar-refractivity contribution < 1.29 is 9.18 Å². The number of halogens is 1. The van der Waals surface area contributed by atoms with E-state index in [1.807, 2.05) is 34.9 Å². The number of nitrogens with one attached hydrogen (secondary N) is 1. The van der Waals surface area contributed by atoms with Crippen LogP contribution in [0.25, 0.3) is 0 Å². The lowest BCUT2D eigenvalue weighted by molar-refractivity contribution is 0.152. The number of hydrogen-bond acceptors (Lipinski definition) is 6. The van der Waals surface area contributed by atoms with Gasteiger partial charge in [-0.05, 0) is 37.5 Å². The maximum Gasteiger partial charge on any atom is 0.317 e. The molecule has 2 saturated heterocycles. The molecule has 8 nitrogen and oxygen atoms in total. The zero-order chi connectivity index (χ0) is 22.5. The molecule has 168 valence electrons. The summed E-state index contributed by atoms with van der Waals surface area (Å²) >= 11 is 0. The van der Waals surface area contributed by atoms with Crippen molar-refractivity contribution in [3.8, 4) is 6.07 Å². The third-order valence-electron chi connectivity index (χ3n) is 6.17. The zero-order valence-corrected chi connectivity index (χ0v) is 18.2. The van der Waals surface area contributed by atoms with Crippen LogP contribution in [0, 0.1) is 17.1 Å². The van der Waals surface area contributed by atoms with E-state index in [9.17, 15) is 9.18 Å². The fourth-order valence-electron chi connectivity index (χ4n) is 4.32. The van der Waals surface area contributed by atoms with E-state index < -0.39 is 0 Å². The first-order valence-electron chi connectivity index (χ1n) is 11.0. The summed E-state index contributed by atoms with van der Waals surface area (Å²) < 4.78 is 13.1. The van der Waals surface area contributed by atoms with Gasteiger partial charge in [0, 0.05) is 51.4 Å². The van der Waals surface area contributed by atoms with Crippen molar-refractivity contribution in [1.29, 1.82) is 5.26 Å². The van der Waals surface area contributed by atoms with E-state index >= 15 is 0 Å². The molecule has 9 heteroatoms. The number of hydrogen-bond donors (Lipinski definition) is 1. The number of carbonyl (C=O) groups excluding carboxylic acids is 1. The molecule has 2 aliphatic rings. The van der Waals surface area contributed by atoms with Gasteiger partial charge in [-0.3, -0.25) is 4.90 Å². The highest BCUT2D eigenvalue weighted by atomic mass is 19.1. The van der Waals surface area contributed by atoms with Gasteiger partial charge in [-0.1, -0.05) is 12.1 Å². The summed E-state index contributed by atoms with van der Waals surface area (Å²) in [5.74, 6) is 0.374. The van der Waals surface area contributed by atoms with Crippen molar-refractivity contribution in [3.05, 3.63) is 53.6 Å². The lowest BCUT2D eigenvalue weighted by Crippen LogP contribution is -2.58. The SMILES string of the molecule is C[C@@H]1CN(c2ncc(C#N)cn2)CCN1C(=O)NC1CCN(Cc2ccc(F)cc2)CC1. The first-order chi connectivity index (χ1) is 15.5. The van der Waals surface area contributed by atoms with Crippen LogP contribution in [0.3, 0.4) is 0 Å². The van der Waals surface area contributed by atoms with E-state index in [1.54, 1.807) is 0 Å². The molecule has 0 unspecified atom stereocenters. The molecule has 0 spiro atoms. The smallest absolute Gasteiger partial charge is 0.317 e. The number of aromatic nitrogens is 2. The molecule has 0 bridgehead atoms. The Hall–Kier alpha value is -3.25. The van der Waals surface area contributed by atoms with Crippen LogP contribution in [0.5, 0.6) is 0 Å². The third-order valence-corrected chi connectivity index (χ3v) is 6.17. The molecule has 1 atom stereocenters. The third kappa shape index (κ3) is 5.32. The van der Waals surface area contributed by atoms with Gasteiger partial charge in [-0.15, -0.1) is 0 Å². The summed E-state index contributed by atoms with van der Waals surface area (Å²) in [6, 6.07) is 8.84. The predicted octanol–water partition coefficient (Wildman–Crippen LogP) is 2.37. The number of amides is 2. The number of nitrogens with zero attached hydrogens (tertiary/aromatic N) is 6. The zero-order valence-electron chi connectivity index (χ0n) is 18.2. The number of likely N-dealkylation sites (tertiary alicyclic amines) is 1. The van der Waals surface area contributed by atoms with Crippen molar-refractivity contribution in [1.82, 2.24) is 25.1 Å². The molecule has 3 heterocycles. The number of piperazine rings is 1. The molecular formula is C23H28FN7O. The van der Waals surface area contributed by atoms with Crippen LogP contribution in [0.15, 0.2) is 36.7 Å². The van der Waals surface area contributed by atoms with E-state index in [2.05, 4.69) is 20.2 Å². The molecule has 2 aliphatic heterocycles. The summed E-state index contributed by atoms with van der Waals surface area (Å²) in [5.41, 5.74) is 1.54. The fraction of sp³-hybridized carbons (Fsp3) is 0.478. The molecule has 4 rings (SSSR count). The molecular weight excluding hydrogens is 409 g/mol. The van der Waals surface area contributed by atoms with Crippen molar-refractivity contribution in [3.63, 3.8) is 0 Å². The Morgan fingerprint density at radius 2 is 1.84 bits per heavy atom. The van der Waals surface area contributed by atoms with Crippen LogP contribution in [0.1, 0.15) is 30.9 Å². The van der Waals surface area contributed by atoms with Gasteiger partial charge in [0.2, 0.25) is 5.95 Å². The fourth-order valence-corrected chi connectivity index (χ4v) is 4.32. The Morgan fingerprint density at radius 3 is 2.47 bits per heavy atom. The molecule has 1 aromatic heterocycles. The molecule has 2 aromatic rings. The van der Waals surface area contributed by atoms with Gasteiger partial charge < -0.3 is 15.1 Å². The second-order valence-electron chi connectivity index (χ2n) is 8.50. The standard InChI is InChI=1S/C23H28FN7O/c1-17-15-30(22-26-13-19(12-25)14-27-22)10-11-31(17)23(32)28-21-6-8-29(9-7-21)16-18-2-4-20(24)5-3-18/h2-5,13-14,17,21H,6-11,15-16H2,1H3,(H,28,32)/t17-/m1/s1. The van der Waals surface area contributed by atoms with Gasteiger partial charge in [0.25, 0.3) is 0 Å². The van der Waals surface area contributed by atoms with Crippen LogP contribution in [0.4, 0.5) is 15.1 Å². The number of carbonyl (C=O) groups is 1. The Kier molecular flexibility index (Phi) is 6.81. The molecule has 32 heavy (non-hydrogen) atoms. The second kappa shape index (κ2) is 9.92. The molecule has 2 amide bonds. The molecule has 0 aliphatic carbocycles. The first kappa shape index (κ1) is 22.0. The molecule has 1 N–H and O–H groups in total. The van der Waals surface area contributed by atoms with Crippen LogP contribution >= 0.6 is 0 Å². The summed E-state index contributed by atoms with van der Waals surface area (Å²) in [7, 11) is 0. The summed E-state index contributed by atoms with van der Waals surface area (Å²) in [6.07, 6.45) is 4.85. The van der Waals surface area contributed by atoms with E-state index in [-0.39, 0.29) is 23.9 Å². The minimum atomic E-state index is -0.213. The first-order valence-corrected chi connectivity index (χ1v) is 11.0. The van der Waals surface area contributed by atoms with E-state index in [0.29, 0.717) is 31.1 Å². The van der Waals surface area contributed by atoms with Gasteiger partial charge in [0.15, 0.2) is 0 Å². The van der Waals surface area contributed by atoms with E-state index in [1.165, 1.54) is 24.5 Å². The van der Waals surface area contributed by atoms with Crippen molar-refractivity contribution in [2.45, 2.75) is 38.4 Å². The average Bonchev–Trinajstić information content (AvgIpc) is 2.81. The summed E-state index contributed by atoms with van der Waals surface area (Å²) in [6.45, 7) is 6.54. The van der Waals surface area contributed by atoms with Gasteiger partial charge in [-0.2, -0.15) is 5.26 Å². The number of nitriles is 1. The van der Waals surface area contributed by atoms with Crippen LogP contribution in [-0.2, 0) is 6.54 Å². The Bertz CT molecular complexity index is 952. The summed E-state index contributed by atoms with van der Waals surface area (Å²) in [4.78, 5) is 27.7. The van der Waals surface area contributed by atoms with Crippen molar-refractivity contribution in [2.75, 3.05) is 37.6 Å². The Labute approximate surface area is 187 Å². The second-order valence-corrected chi connectivity index (χ2v) is 8.50. The normalized spacial score (nSPS) is 20.1. The largest absolute Gasteiger partial charge is 0.337 e. The number of anilines is 1. The highest BCUT2D eigenvalue weighted by molar-refractivity contribution is 5.75. The quantitative estimate of drug-likeness (QED) is 0.790. The Morgan fingerprint density at radius 1 is 1.16 bits per heavy atom. The topological polar surface area (TPSA) is 88.4 Å². The highest BCUT2D eigenvalue weighted by Gasteiger charge is 2.30. The number of benzene rings is 1. The molecule has 0 saturated carbocycles. The molecule has 2 fully saturated rings. The summed E-state index contributed by atoms with van der Waals surface area (Å²) in [5, 5.41) is 12.1. The number of piperidine rings is 1. The van der Waals surface area contributed by atoms with Gasteiger partial charge in [0.05, 0.1) is 18.0 Å². The molecule has 1 aromatic carbocycles. The maximum absolute atomic E-state index is 13.1. The van der Waals surface area contributed by atoms with Crippen LogP contribution < -0.4 is 10.2 Å². The van der Waals surface area contributed by atoms with Crippen molar-refractivity contribution in [2.24, 2.45) is 0 Å². The molecule has 0 radical (unpaired) electrons. The van der Waals surface area contributed by atoms with Crippen LogP contribution in [-0.4, -0.2) is 70.6 Å². The Balaban J connectivity index is 1.23. The average molecular weight is 438 g/mol. The minimum absolute atomic E-state index is 0.0186. The lowest BCUT2D eigenvalue weighted by Gasteiger charge is -2.41. The number of rotatable bonds is 4. The highest BCUT2D eigenvalue weighted by Crippen LogP contribution is 2.18.